The van der Waals surface area contributed by atoms with Gasteiger partial charge in [-0.15, -0.1) is 6.58 Å². The van der Waals surface area contributed by atoms with Crippen LogP contribution in [0.4, 0.5) is 0 Å². The van der Waals surface area contributed by atoms with Gasteiger partial charge in [-0.2, -0.15) is 0 Å². The lowest BCUT2D eigenvalue weighted by atomic mass is 10.1. The third-order valence-corrected chi connectivity index (χ3v) is 1.85. The Morgan fingerprint density at radius 2 is 2.25 bits per heavy atom. The van der Waals surface area contributed by atoms with Crippen molar-refractivity contribution in [1.29, 1.82) is 0 Å². The highest BCUT2D eigenvalue weighted by molar-refractivity contribution is 4.87. The van der Waals surface area contributed by atoms with E-state index in [1.54, 1.807) is 0 Å². The average Bonchev–Trinajstić information content (AvgIpc) is 2.14. The zero-order valence-corrected chi connectivity index (χ0v) is 5.14. The highest BCUT2D eigenvalue weighted by Gasteiger charge is 2.17. The van der Waals surface area contributed by atoms with E-state index in [0.29, 0.717) is 11.8 Å². The second-order valence-electron chi connectivity index (χ2n) is 2.57. The van der Waals surface area contributed by atoms with E-state index in [9.17, 15) is 0 Å². The number of hydrogen-bond donors (Lipinski definition) is 0. The summed E-state index contributed by atoms with van der Waals surface area (Å²) in [4.78, 5) is 0. The van der Waals surface area contributed by atoms with Crippen molar-refractivity contribution in [1.82, 2.24) is 0 Å². The molecule has 2 radical (unpaired) electrons. The Kier molecular flexibility index (Phi) is 1.72. The van der Waals surface area contributed by atoms with E-state index >= 15 is 0 Å². The van der Waals surface area contributed by atoms with Crippen molar-refractivity contribution in [2.75, 3.05) is 0 Å². The molecule has 0 heteroatoms. The molecule has 1 rings (SSSR count). The average molecular weight is 108 g/mol. The zero-order chi connectivity index (χ0) is 5.98. The SMILES string of the molecule is [CH]C1CCC(C=C)C1. The van der Waals surface area contributed by atoms with Crippen molar-refractivity contribution in [2.24, 2.45) is 11.8 Å². The lowest BCUT2D eigenvalue weighted by molar-refractivity contribution is 0.637. The molecule has 2 atom stereocenters. The van der Waals surface area contributed by atoms with Crippen molar-refractivity contribution >= 4 is 0 Å². The van der Waals surface area contributed by atoms with Gasteiger partial charge in [-0.25, -0.2) is 0 Å². The van der Waals surface area contributed by atoms with Crippen molar-refractivity contribution in [3.05, 3.63) is 19.6 Å². The van der Waals surface area contributed by atoms with Crippen LogP contribution in [0.25, 0.3) is 0 Å². The predicted octanol–water partition coefficient (Wildman–Crippen LogP) is 2.30. The van der Waals surface area contributed by atoms with Gasteiger partial charge in [0.1, 0.15) is 0 Å². The van der Waals surface area contributed by atoms with Crippen LogP contribution in [0.5, 0.6) is 0 Å². The Balaban J connectivity index is 2.32. The Labute approximate surface area is 51.6 Å². The molecule has 1 aliphatic rings. The Hall–Kier alpha value is -0.260. The Morgan fingerprint density at radius 3 is 2.50 bits per heavy atom. The van der Waals surface area contributed by atoms with Crippen molar-refractivity contribution < 1.29 is 0 Å². The van der Waals surface area contributed by atoms with Crippen LogP contribution in [0.3, 0.4) is 0 Å². The van der Waals surface area contributed by atoms with Crippen molar-refractivity contribution in [2.45, 2.75) is 19.3 Å². The standard InChI is InChI=1S/C8H12/c1-3-8-5-4-7(2)6-8/h2-3,7-8H,1,4-6H2. The fourth-order valence-corrected chi connectivity index (χ4v) is 1.27. The minimum Gasteiger partial charge on any atom is -0.103 e. The topological polar surface area (TPSA) is 0 Å². The molecule has 8 heavy (non-hydrogen) atoms. The largest absolute Gasteiger partial charge is 0.103 e. The summed E-state index contributed by atoms with van der Waals surface area (Å²) in [6.45, 7) is 9.37. The lowest BCUT2D eigenvalue weighted by Crippen LogP contribution is -1.87. The minimum atomic E-state index is 0.456. The van der Waals surface area contributed by atoms with Crippen LogP contribution >= 0.6 is 0 Å². The molecule has 0 saturated heterocycles. The van der Waals surface area contributed by atoms with Crippen LogP contribution in [-0.2, 0) is 0 Å². The van der Waals surface area contributed by atoms with E-state index in [0.717, 1.165) is 6.42 Å². The van der Waals surface area contributed by atoms with E-state index in [4.69, 9.17) is 6.92 Å². The molecule has 0 amide bonds. The Bertz CT molecular complexity index is 84.0. The van der Waals surface area contributed by atoms with Gasteiger partial charge in [-0.3, -0.25) is 0 Å². The molecule has 0 aromatic carbocycles. The maximum Gasteiger partial charge on any atom is -0.0233 e. The van der Waals surface area contributed by atoms with Gasteiger partial charge in [0.15, 0.2) is 0 Å². The number of hydrogen-bond acceptors (Lipinski definition) is 0. The third-order valence-electron chi connectivity index (χ3n) is 1.85. The van der Waals surface area contributed by atoms with E-state index in [2.05, 4.69) is 6.58 Å². The van der Waals surface area contributed by atoms with E-state index in [-0.39, 0.29) is 0 Å². The molecule has 1 aliphatic carbocycles. The van der Waals surface area contributed by atoms with Crippen LogP contribution in [0.15, 0.2) is 12.7 Å². The molecule has 1 saturated carbocycles. The van der Waals surface area contributed by atoms with Gasteiger partial charge in [0.25, 0.3) is 0 Å². The van der Waals surface area contributed by atoms with Crippen molar-refractivity contribution in [3.8, 4) is 0 Å². The molecular weight excluding hydrogens is 96.1 g/mol. The highest BCUT2D eigenvalue weighted by Crippen LogP contribution is 2.30. The second kappa shape index (κ2) is 2.34. The highest BCUT2D eigenvalue weighted by atomic mass is 14.2. The molecule has 44 valence electrons. The first-order valence-corrected chi connectivity index (χ1v) is 3.21. The molecule has 0 nitrogen and oxygen atoms in total. The third kappa shape index (κ3) is 1.12. The summed E-state index contributed by atoms with van der Waals surface area (Å²) >= 11 is 0. The molecule has 0 aliphatic heterocycles. The van der Waals surface area contributed by atoms with E-state index in [1.807, 2.05) is 6.08 Å². The molecule has 2 unspecified atom stereocenters. The monoisotopic (exact) mass is 108 g/mol. The van der Waals surface area contributed by atoms with Crippen LogP contribution in [0.2, 0.25) is 0 Å². The van der Waals surface area contributed by atoms with Crippen LogP contribution in [0.1, 0.15) is 19.3 Å². The van der Waals surface area contributed by atoms with E-state index in [1.165, 1.54) is 12.8 Å². The van der Waals surface area contributed by atoms with Crippen LogP contribution < -0.4 is 0 Å². The molecule has 0 spiro atoms. The summed E-state index contributed by atoms with van der Waals surface area (Å²) in [5, 5.41) is 0. The molecule has 1 fully saturated rings. The van der Waals surface area contributed by atoms with Gasteiger partial charge >= 0.3 is 0 Å². The van der Waals surface area contributed by atoms with Crippen molar-refractivity contribution in [3.63, 3.8) is 0 Å². The van der Waals surface area contributed by atoms with Crippen LogP contribution in [0, 0.1) is 18.8 Å². The van der Waals surface area contributed by atoms with Gasteiger partial charge in [0.05, 0.1) is 0 Å². The Morgan fingerprint density at radius 1 is 1.50 bits per heavy atom. The van der Waals surface area contributed by atoms with Gasteiger partial charge in [-0.1, -0.05) is 6.08 Å². The molecule has 0 heterocycles. The van der Waals surface area contributed by atoms with E-state index < -0.39 is 0 Å². The lowest BCUT2D eigenvalue weighted by Gasteiger charge is -1.98. The molecular formula is C8H12. The van der Waals surface area contributed by atoms with Gasteiger partial charge in [0, 0.05) is 0 Å². The summed E-state index contributed by atoms with van der Waals surface area (Å²) in [5.41, 5.74) is 0. The maximum absolute atomic E-state index is 5.65. The number of rotatable bonds is 1. The normalized spacial score (nSPS) is 37.6. The molecule has 0 bridgehead atoms. The van der Waals surface area contributed by atoms with Gasteiger partial charge < -0.3 is 0 Å². The van der Waals surface area contributed by atoms with Gasteiger partial charge in [0.2, 0.25) is 0 Å². The molecule has 0 aromatic heterocycles. The second-order valence-corrected chi connectivity index (χ2v) is 2.57. The first-order chi connectivity index (χ1) is 3.83. The summed E-state index contributed by atoms with van der Waals surface area (Å²) in [5.74, 6) is 1.17. The number of allylic oxidation sites excluding steroid dienone is 1. The summed E-state index contributed by atoms with van der Waals surface area (Å²) in [6.07, 6.45) is 5.62. The predicted molar refractivity (Wildman–Crippen MR) is 35.3 cm³/mol. The smallest absolute Gasteiger partial charge is 0.0233 e. The fraction of sp³-hybridized carbons (Fsp3) is 0.625. The van der Waals surface area contributed by atoms with Gasteiger partial charge in [-0.05, 0) is 38.0 Å². The molecule has 0 aromatic rings. The summed E-state index contributed by atoms with van der Waals surface area (Å²) in [6, 6.07) is 0. The fourth-order valence-electron chi connectivity index (χ4n) is 1.27. The maximum atomic E-state index is 5.65. The molecule has 0 N–H and O–H groups in total. The first kappa shape index (κ1) is 5.87. The first-order valence-electron chi connectivity index (χ1n) is 3.21. The van der Waals surface area contributed by atoms with Crippen LogP contribution in [-0.4, -0.2) is 0 Å². The zero-order valence-electron chi connectivity index (χ0n) is 5.14. The minimum absolute atomic E-state index is 0.456. The summed E-state index contributed by atoms with van der Waals surface area (Å²) in [7, 11) is 0. The quantitative estimate of drug-likeness (QED) is 0.452. The summed E-state index contributed by atoms with van der Waals surface area (Å²) < 4.78 is 0.